The summed E-state index contributed by atoms with van der Waals surface area (Å²) in [5, 5.41) is 0. The molecule has 13 heavy (non-hydrogen) atoms. The van der Waals surface area contributed by atoms with Crippen LogP contribution in [0.15, 0.2) is 18.2 Å². The summed E-state index contributed by atoms with van der Waals surface area (Å²) in [5.41, 5.74) is 7.29. The number of rotatable bonds is 1. The largest absolute Gasteiger partial charge is 0.321 e. The number of nitrogens with two attached hydrogens (primary N) is 1. The third kappa shape index (κ3) is 1.35. The van der Waals surface area contributed by atoms with Crippen molar-refractivity contribution >= 4 is 0 Å². The summed E-state index contributed by atoms with van der Waals surface area (Å²) in [6, 6.07) is 5.30. The highest BCUT2D eigenvalue weighted by Gasteiger charge is 2.36. The van der Waals surface area contributed by atoms with E-state index in [4.69, 9.17) is 5.73 Å². The van der Waals surface area contributed by atoms with Crippen molar-refractivity contribution in [1.29, 1.82) is 0 Å². The zero-order valence-electron chi connectivity index (χ0n) is 7.81. The molecule has 1 aliphatic rings. The van der Waals surface area contributed by atoms with Crippen LogP contribution in [0.4, 0.5) is 4.39 Å². The van der Waals surface area contributed by atoms with E-state index in [2.05, 4.69) is 0 Å². The Labute approximate surface area is 77.8 Å². The Kier molecular flexibility index (Phi) is 1.88. The van der Waals surface area contributed by atoms with E-state index < -0.39 is 0 Å². The normalized spacial score (nSPS) is 19.6. The summed E-state index contributed by atoms with van der Waals surface area (Å²) in [5.74, 6) is -0.151. The van der Waals surface area contributed by atoms with Crippen molar-refractivity contribution in [3.63, 3.8) is 0 Å². The predicted octanol–water partition coefficient (Wildman–Crippen LogP) is 2.47. The van der Waals surface area contributed by atoms with Crippen LogP contribution in [-0.2, 0) is 5.54 Å². The fourth-order valence-electron chi connectivity index (χ4n) is 1.85. The highest BCUT2D eigenvalue weighted by Crippen LogP contribution is 2.39. The van der Waals surface area contributed by atoms with E-state index in [0.29, 0.717) is 5.56 Å². The minimum Gasteiger partial charge on any atom is -0.321 e. The van der Waals surface area contributed by atoms with Gasteiger partial charge in [-0.25, -0.2) is 4.39 Å². The lowest BCUT2D eigenvalue weighted by Gasteiger charge is -2.38. The molecule has 1 fully saturated rings. The second-order valence-electron chi connectivity index (χ2n) is 3.99. The van der Waals surface area contributed by atoms with Gasteiger partial charge in [0.1, 0.15) is 5.82 Å². The Bertz CT molecular complexity index is 329. The maximum atomic E-state index is 13.5. The SMILES string of the molecule is Cc1ccc(C2(N)CCC2)c(F)c1. The second kappa shape index (κ2) is 2.81. The molecule has 0 aromatic heterocycles. The molecule has 0 bridgehead atoms. The summed E-state index contributed by atoms with van der Waals surface area (Å²) < 4.78 is 13.5. The molecule has 1 nitrogen and oxygen atoms in total. The van der Waals surface area contributed by atoms with Crippen LogP contribution in [0.2, 0.25) is 0 Å². The third-order valence-electron chi connectivity index (χ3n) is 2.91. The molecule has 0 atom stereocenters. The molecule has 0 aliphatic heterocycles. The first-order valence-electron chi connectivity index (χ1n) is 4.67. The van der Waals surface area contributed by atoms with Crippen LogP contribution in [0, 0.1) is 12.7 Å². The van der Waals surface area contributed by atoms with Crippen LogP contribution in [0.1, 0.15) is 30.4 Å². The number of halogens is 1. The summed E-state index contributed by atoms with van der Waals surface area (Å²) in [4.78, 5) is 0. The first-order chi connectivity index (χ1) is 6.12. The van der Waals surface area contributed by atoms with Crippen molar-refractivity contribution in [3.05, 3.63) is 35.1 Å². The van der Waals surface area contributed by atoms with Gasteiger partial charge in [-0.1, -0.05) is 12.1 Å². The molecule has 1 aromatic rings. The van der Waals surface area contributed by atoms with Gasteiger partial charge in [0.15, 0.2) is 0 Å². The Balaban J connectivity index is 2.40. The van der Waals surface area contributed by atoms with Gasteiger partial charge < -0.3 is 5.73 Å². The molecule has 0 spiro atoms. The summed E-state index contributed by atoms with van der Waals surface area (Å²) >= 11 is 0. The number of hydrogen-bond acceptors (Lipinski definition) is 1. The van der Waals surface area contributed by atoms with E-state index in [1.807, 2.05) is 19.1 Å². The Morgan fingerprint density at radius 2 is 2.08 bits per heavy atom. The van der Waals surface area contributed by atoms with Gasteiger partial charge >= 0.3 is 0 Å². The van der Waals surface area contributed by atoms with Gasteiger partial charge in [0, 0.05) is 11.1 Å². The Morgan fingerprint density at radius 3 is 2.54 bits per heavy atom. The lowest BCUT2D eigenvalue weighted by molar-refractivity contribution is 0.245. The summed E-state index contributed by atoms with van der Waals surface area (Å²) in [6.07, 6.45) is 2.93. The van der Waals surface area contributed by atoms with Gasteiger partial charge in [-0.15, -0.1) is 0 Å². The van der Waals surface area contributed by atoms with Crippen molar-refractivity contribution < 1.29 is 4.39 Å². The van der Waals surface area contributed by atoms with Crippen LogP contribution < -0.4 is 5.73 Å². The standard InChI is InChI=1S/C11H14FN/c1-8-3-4-9(10(12)7-8)11(13)5-2-6-11/h3-4,7H,2,5-6,13H2,1H3. The smallest absolute Gasteiger partial charge is 0.128 e. The molecule has 1 aliphatic carbocycles. The van der Waals surface area contributed by atoms with Crippen molar-refractivity contribution in [2.75, 3.05) is 0 Å². The number of hydrogen-bond donors (Lipinski definition) is 1. The van der Waals surface area contributed by atoms with E-state index >= 15 is 0 Å². The third-order valence-corrected chi connectivity index (χ3v) is 2.91. The Hall–Kier alpha value is -0.890. The molecular formula is C11H14FN. The molecule has 70 valence electrons. The first-order valence-corrected chi connectivity index (χ1v) is 4.67. The van der Waals surface area contributed by atoms with Gasteiger partial charge in [-0.05, 0) is 37.8 Å². The molecular weight excluding hydrogens is 165 g/mol. The van der Waals surface area contributed by atoms with E-state index in [-0.39, 0.29) is 11.4 Å². The molecule has 1 saturated carbocycles. The van der Waals surface area contributed by atoms with Gasteiger partial charge in [0.25, 0.3) is 0 Å². The quantitative estimate of drug-likeness (QED) is 0.704. The molecule has 0 unspecified atom stereocenters. The lowest BCUT2D eigenvalue weighted by Crippen LogP contribution is -2.44. The van der Waals surface area contributed by atoms with Crippen molar-refractivity contribution in [3.8, 4) is 0 Å². The zero-order valence-corrected chi connectivity index (χ0v) is 7.81. The van der Waals surface area contributed by atoms with Crippen LogP contribution >= 0.6 is 0 Å². The monoisotopic (exact) mass is 179 g/mol. The van der Waals surface area contributed by atoms with Crippen LogP contribution in [0.25, 0.3) is 0 Å². The molecule has 0 saturated heterocycles. The minimum absolute atomic E-state index is 0.151. The molecule has 2 N–H and O–H groups in total. The van der Waals surface area contributed by atoms with Gasteiger partial charge in [0.05, 0.1) is 0 Å². The van der Waals surface area contributed by atoms with Gasteiger partial charge in [0.2, 0.25) is 0 Å². The lowest BCUT2D eigenvalue weighted by atomic mass is 9.72. The summed E-state index contributed by atoms with van der Waals surface area (Å²) in [6.45, 7) is 1.89. The summed E-state index contributed by atoms with van der Waals surface area (Å²) in [7, 11) is 0. The molecule has 2 rings (SSSR count). The highest BCUT2D eigenvalue weighted by molar-refractivity contribution is 5.31. The molecule has 2 heteroatoms. The van der Waals surface area contributed by atoms with Crippen molar-refractivity contribution in [1.82, 2.24) is 0 Å². The first kappa shape index (κ1) is 8.70. The van der Waals surface area contributed by atoms with Crippen molar-refractivity contribution in [2.24, 2.45) is 5.73 Å². The van der Waals surface area contributed by atoms with E-state index in [1.165, 1.54) is 0 Å². The van der Waals surface area contributed by atoms with Crippen LogP contribution in [0.5, 0.6) is 0 Å². The van der Waals surface area contributed by atoms with Crippen LogP contribution in [-0.4, -0.2) is 0 Å². The highest BCUT2D eigenvalue weighted by atomic mass is 19.1. The fraction of sp³-hybridized carbons (Fsp3) is 0.455. The molecule has 0 radical (unpaired) electrons. The average Bonchev–Trinajstić information content (AvgIpc) is 2.00. The van der Waals surface area contributed by atoms with Gasteiger partial charge in [-0.3, -0.25) is 0 Å². The predicted molar refractivity (Wildman–Crippen MR) is 50.9 cm³/mol. The Morgan fingerprint density at radius 1 is 1.38 bits per heavy atom. The number of benzene rings is 1. The van der Waals surface area contributed by atoms with E-state index in [0.717, 1.165) is 24.8 Å². The molecule has 0 amide bonds. The van der Waals surface area contributed by atoms with Crippen LogP contribution in [0.3, 0.4) is 0 Å². The second-order valence-corrected chi connectivity index (χ2v) is 3.99. The number of aryl methyl sites for hydroxylation is 1. The molecule has 0 heterocycles. The average molecular weight is 179 g/mol. The minimum atomic E-state index is -0.377. The molecule has 1 aromatic carbocycles. The maximum absolute atomic E-state index is 13.5. The fourth-order valence-corrected chi connectivity index (χ4v) is 1.85. The van der Waals surface area contributed by atoms with E-state index in [1.54, 1.807) is 6.07 Å². The topological polar surface area (TPSA) is 26.0 Å². The van der Waals surface area contributed by atoms with Crippen molar-refractivity contribution in [2.45, 2.75) is 31.7 Å². The zero-order chi connectivity index (χ0) is 9.47. The van der Waals surface area contributed by atoms with Gasteiger partial charge in [-0.2, -0.15) is 0 Å². The van der Waals surface area contributed by atoms with E-state index in [9.17, 15) is 4.39 Å². The maximum Gasteiger partial charge on any atom is 0.128 e.